The van der Waals surface area contributed by atoms with Gasteiger partial charge in [-0.25, -0.2) is 18.5 Å². The molecule has 0 atom stereocenters. The molecule has 0 aliphatic rings. The molecule has 2 aromatic rings. The number of nitrogens with two attached hydrogens (primary N) is 1. The molecule has 0 spiro atoms. The van der Waals surface area contributed by atoms with Crippen LogP contribution in [-0.2, 0) is 16.6 Å². The summed E-state index contributed by atoms with van der Waals surface area (Å²) >= 11 is 1.41. The Labute approximate surface area is 102 Å². The third kappa shape index (κ3) is 2.35. The summed E-state index contributed by atoms with van der Waals surface area (Å²) in [6.07, 6.45) is 0.748. The third-order valence-corrected chi connectivity index (χ3v) is 3.48. The first-order valence-electron chi connectivity index (χ1n) is 4.88. The molecule has 0 aliphatic carbocycles. The zero-order valence-electron chi connectivity index (χ0n) is 9.07. The minimum atomic E-state index is -3.86. The first kappa shape index (κ1) is 12.1. The summed E-state index contributed by atoms with van der Waals surface area (Å²) in [6, 6.07) is 0. The Morgan fingerprint density at radius 1 is 1.47 bits per heavy atom. The first-order valence-corrected chi connectivity index (χ1v) is 7.37. The molecule has 17 heavy (non-hydrogen) atoms. The lowest BCUT2D eigenvalue weighted by atomic mass is 10.4. The second-order valence-electron chi connectivity index (χ2n) is 3.38. The summed E-state index contributed by atoms with van der Waals surface area (Å²) in [5.41, 5.74) is 2.25. The summed E-state index contributed by atoms with van der Waals surface area (Å²) in [7, 11) is -3.86. The Kier molecular flexibility index (Phi) is 3.22. The molecule has 2 aromatic heterocycles. The number of aromatic nitrogens is 4. The number of hydrogen-bond donors (Lipinski definition) is 1. The molecular formula is C8H11N5O2S2. The van der Waals surface area contributed by atoms with Crippen molar-refractivity contribution in [2.24, 2.45) is 5.14 Å². The topological polar surface area (TPSA) is 104 Å². The van der Waals surface area contributed by atoms with E-state index in [1.54, 1.807) is 10.9 Å². The van der Waals surface area contributed by atoms with Gasteiger partial charge in [0.05, 0.1) is 5.51 Å². The van der Waals surface area contributed by atoms with Crippen molar-refractivity contribution in [3.05, 3.63) is 10.9 Å². The van der Waals surface area contributed by atoms with E-state index in [2.05, 4.69) is 15.2 Å². The van der Waals surface area contributed by atoms with Crippen molar-refractivity contribution >= 4 is 21.4 Å². The van der Waals surface area contributed by atoms with Crippen molar-refractivity contribution in [2.75, 3.05) is 0 Å². The van der Waals surface area contributed by atoms with Crippen molar-refractivity contribution in [3.63, 3.8) is 0 Å². The monoisotopic (exact) mass is 273 g/mol. The van der Waals surface area contributed by atoms with E-state index in [0.29, 0.717) is 18.1 Å². The number of hydrogen-bond acceptors (Lipinski definition) is 6. The van der Waals surface area contributed by atoms with Gasteiger partial charge in [0.2, 0.25) is 0 Å². The Hall–Kier alpha value is -1.32. The maximum Gasteiger partial charge on any atom is 0.273 e. The third-order valence-electron chi connectivity index (χ3n) is 2.08. The minimum absolute atomic E-state index is 0.220. The molecule has 0 radical (unpaired) electrons. The van der Waals surface area contributed by atoms with E-state index in [-0.39, 0.29) is 5.16 Å². The molecule has 7 nitrogen and oxygen atoms in total. The van der Waals surface area contributed by atoms with Crippen molar-refractivity contribution in [1.29, 1.82) is 0 Å². The van der Waals surface area contributed by atoms with E-state index in [1.165, 1.54) is 15.9 Å². The summed E-state index contributed by atoms with van der Waals surface area (Å²) in [6.45, 7) is 2.41. The molecule has 0 bridgehead atoms. The molecule has 92 valence electrons. The molecule has 0 amide bonds. The standard InChI is InChI=1S/C8H11N5O2S2/c1-2-3-13-7(6-4-16-5-10-6)11-12-8(13)17(9,14)15/h4-5H,2-3H2,1H3,(H2,9,14,15). The smallest absolute Gasteiger partial charge is 0.273 e. The molecule has 0 fully saturated rings. The van der Waals surface area contributed by atoms with Crippen molar-refractivity contribution in [3.8, 4) is 11.5 Å². The van der Waals surface area contributed by atoms with Gasteiger partial charge >= 0.3 is 0 Å². The van der Waals surface area contributed by atoms with Crippen LogP contribution in [0.2, 0.25) is 0 Å². The Bertz CT molecular complexity index is 602. The van der Waals surface area contributed by atoms with Gasteiger partial charge in [0, 0.05) is 11.9 Å². The van der Waals surface area contributed by atoms with Crippen molar-refractivity contribution in [2.45, 2.75) is 25.0 Å². The first-order chi connectivity index (χ1) is 8.04. The lowest BCUT2D eigenvalue weighted by Crippen LogP contribution is -2.19. The van der Waals surface area contributed by atoms with Crippen LogP contribution in [0.4, 0.5) is 0 Å². The fourth-order valence-corrected chi connectivity index (χ4v) is 2.61. The van der Waals surface area contributed by atoms with E-state index < -0.39 is 10.0 Å². The fourth-order valence-electron chi connectivity index (χ4n) is 1.44. The highest BCUT2D eigenvalue weighted by atomic mass is 32.2. The number of nitrogens with zero attached hydrogens (tertiary/aromatic N) is 4. The predicted molar refractivity (Wildman–Crippen MR) is 62.8 cm³/mol. The lowest BCUT2D eigenvalue weighted by molar-refractivity contribution is 0.559. The van der Waals surface area contributed by atoms with Gasteiger partial charge in [-0.1, -0.05) is 6.92 Å². The second kappa shape index (κ2) is 4.51. The van der Waals surface area contributed by atoms with Gasteiger partial charge in [0.1, 0.15) is 5.69 Å². The zero-order valence-corrected chi connectivity index (χ0v) is 10.7. The fraction of sp³-hybridized carbons (Fsp3) is 0.375. The molecule has 0 saturated heterocycles. The van der Waals surface area contributed by atoms with Gasteiger partial charge in [-0.15, -0.1) is 21.5 Å². The average molecular weight is 273 g/mol. The molecule has 9 heteroatoms. The van der Waals surface area contributed by atoms with Gasteiger partial charge in [-0.3, -0.25) is 4.57 Å². The maximum atomic E-state index is 11.3. The number of sulfonamides is 1. The number of thiazole rings is 1. The van der Waals surface area contributed by atoms with Crippen molar-refractivity contribution in [1.82, 2.24) is 19.7 Å². The molecular weight excluding hydrogens is 262 g/mol. The van der Waals surface area contributed by atoms with Gasteiger partial charge in [-0.05, 0) is 6.42 Å². The van der Waals surface area contributed by atoms with Gasteiger partial charge in [-0.2, -0.15) is 0 Å². The van der Waals surface area contributed by atoms with E-state index in [1.807, 2.05) is 6.92 Å². The highest BCUT2D eigenvalue weighted by Gasteiger charge is 2.22. The van der Waals surface area contributed by atoms with Crippen LogP contribution >= 0.6 is 11.3 Å². The van der Waals surface area contributed by atoms with E-state index in [9.17, 15) is 8.42 Å². The van der Waals surface area contributed by atoms with Crippen molar-refractivity contribution < 1.29 is 8.42 Å². The Morgan fingerprint density at radius 2 is 2.24 bits per heavy atom. The lowest BCUT2D eigenvalue weighted by Gasteiger charge is -2.05. The average Bonchev–Trinajstić information content (AvgIpc) is 2.82. The maximum absolute atomic E-state index is 11.3. The predicted octanol–water partition coefficient (Wildman–Crippen LogP) is 0.459. The zero-order chi connectivity index (χ0) is 12.5. The highest BCUT2D eigenvalue weighted by Crippen LogP contribution is 2.20. The van der Waals surface area contributed by atoms with Crippen LogP contribution in [0, 0.1) is 0 Å². The Morgan fingerprint density at radius 3 is 2.76 bits per heavy atom. The quantitative estimate of drug-likeness (QED) is 0.871. The SMILES string of the molecule is CCCn1c(-c2cscn2)nnc1S(N)(=O)=O. The molecule has 2 heterocycles. The molecule has 2 rings (SSSR count). The van der Waals surface area contributed by atoms with E-state index in [0.717, 1.165) is 6.42 Å². The van der Waals surface area contributed by atoms with Gasteiger partial charge < -0.3 is 0 Å². The highest BCUT2D eigenvalue weighted by molar-refractivity contribution is 7.89. The summed E-state index contributed by atoms with van der Waals surface area (Å²) < 4.78 is 24.2. The van der Waals surface area contributed by atoms with Gasteiger partial charge in [0.15, 0.2) is 5.82 Å². The minimum Gasteiger partial charge on any atom is -0.295 e. The van der Waals surface area contributed by atoms with Crippen LogP contribution in [-0.4, -0.2) is 28.2 Å². The van der Waals surface area contributed by atoms with E-state index >= 15 is 0 Å². The number of primary sulfonamides is 1. The molecule has 0 aromatic carbocycles. The van der Waals surface area contributed by atoms with Crippen LogP contribution in [0.3, 0.4) is 0 Å². The molecule has 2 N–H and O–H groups in total. The van der Waals surface area contributed by atoms with Crippen LogP contribution in [0.25, 0.3) is 11.5 Å². The normalized spacial score (nSPS) is 11.9. The van der Waals surface area contributed by atoms with Crippen LogP contribution in [0.5, 0.6) is 0 Å². The van der Waals surface area contributed by atoms with Crippen LogP contribution in [0.1, 0.15) is 13.3 Å². The molecule has 0 saturated carbocycles. The molecule has 0 unspecified atom stereocenters. The summed E-state index contributed by atoms with van der Waals surface area (Å²) in [5, 5.41) is 14.1. The summed E-state index contributed by atoms with van der Waals surface area (Å²) in [4.78, 5) is 4.08. The molecule has 0 aliphatic heterocycles. The van der Waals surface area contributed by atoms with Gasteiger partial charge in [0.25, 0.3) is 15.2 Å². The van der Waals surface area contributed by atoms with Crippen LogP contribution in [0.15, 0.2) is 16.0 Å². The Balaban J connectivity index is 2.59. The number of rotatable bonds is 4. The second-order valence-corrected chi connectivity index (χ2v) is 5.55. The largest absolute Gasteiger partial charge is 0.295 e. The van der Waals surface area contributed by atoms with E-state index in [4.69, 9.17) is 5.14 Å². The summed E-state index contributed by atoms with van der Waals surface area (Å²) in [5.74, 6) is 0.428. The van der Waals surface area contributed by atoms with Crippen LogP contribution < -0.4 is 5.14 Å².